The summed E-state index contributed by atoms with van der Waals surface area (Å²) < 4.78 is 18.4. The van der Waals surface area contributed by atoms with Crippen LogP contribution in [-0.2, 0) is 6.54 Å². The minimum atomic E-state index is -0.355. The number of nitrogens with one attached hydrogen (secondary N) is 2. The summed E-state index contributed by atoms with van der Waals surface area (Å²) in [5.74, 6) is 1.15. The van der Waals surface area contributed by atoms with E-state index in [9.17, 15) is 4.39 Å². The molecule has 19 heavy (non-hydrogen) atoms. The summed E-state index contributed by atoms with van der Waals surface area (Å²) in [6, 6.07) is 4.91. The Kier molecular flexibility index (Phi) is 6.12. The maximum absolute atomic E-state index is 13.5. The van der Waals surface area contributed by atoms with Crippen LogP contribution in [0.1, 0.15) is 19.4 Å². The Morgan fingerprint density at radius 1 is 1.37 bits per heavy atom. The molecule has 2 N–H and O–H groups in total. The molecule has 0 amide bonds. The standard InChI is InChI=1S/C14H22FN3O/c1-10(2)8-17-14(16-3)18-9-11-5-6-13(19-4)12(15)7-11/h5-7,10H,8-9H2,1-4H3,(H2,16,17,18). The molecule has 0 spiro atoms. The average molecular weight is 267 g/mol. The van der Waals surface area contributed by atoms with Crippen molar-refractivity contribution in [1.29, 1.82) is 0 Å². The maximum atomic E-state index is 13.5. The van der Waals surface area contributed by atoms with Gasteiger partial charge in [-0.25, -0.2) is 4.39 Å². The third-order valence-corrected chi connectivity index (χ3v) is 2.58. The normalized spacial score (nSPS) is 11.6. The van der Waals surface area contributed by atoms with Crippen molar-refractivity contribution in [3.05, 3.63) is 29.6 Å². The fourth-order valence-corrected chi connectivity index (χ4v) is 1.53. The van der Waals surface area contributed by atoms with Gasteiger partial charge in [0, 0.05) is 20.1 Å². The highest BCUT2D eigenvalue weighted by Crippen LogP contribution is 2.17. The van der Waals surface area contributed by atoms with Gasteiger partial charge in [-0.05, 0) is 23.6 Å². The molecule has 0 aliphatic carbocycles. The lowest BCUT2D eigenvalue weighted by Gasteiger charge is -2.13. The van der Waals surface area contributed by atoms with Crippen molar-refractivity contribution in [3.8, 4) is 5.75 Å². The van der Waals surface area contributed by atoms with Gasteiger partial charge in [-0.3, -0.25) is 4.99 Å². The van der Waals surface area contributed by atoms with E-state index in [4.69, 9.17) is 4.74 Å². The number of rotatable bonds is 5. The van der Waals surface area contributed by atoms with Crippen LogP contribution in [0, 0.1) is 11.7 Å². The Morgan fingerprint density at radius 3 is 2.63 bits per heavy atom. The Balaban J connectivity index is 2.53. The summed E-state index contributed by atoms with van der Waals surface area (Å²) in [7, 11) is 3.16. The number of nitrogens with zero attached hydrogens (tertiary/aromatic N) is 1. The summed E-state index contributed by atoms with van der Waals surface area (Å²) >= 11 is 0. The van der Waals surface area contributed by atoms with Gasteiger partial charge in [-0.15, -0.1) is 0 Å². The maximum Gasteiger partial charge on any atom is 0.191 e. The first-order valence-corrected chi connectivity index (χ1v) is 6.33. The number of hydrogen-bond acceptors (Lipinski definition) is 2. The second kappa shape index (κ2) is 7.61. The predicted molar refractivity (Wildman–Crippen MR) is 76.0 cm³/mol. The van der Waals surface area contributed by atoms with E-state index in [1.807, 2.05) is 6.07 Å². The number of ether oxygens (including phenoxy) is 1. The molecule has 5 heteroatoms. The fourth-order valence-electron chi connectivity index (χ4n) is 1.53. The summed E-state index contributed by atoms with van der Waals surface area (Å²) in [4.78, 5) is 4.11. The Morgan fingerprint density at radius 2 is 2.11 bits per heavy atom. The first-order chi connectivity index (χ1) is 9.06. The first kappa shape index (κ1) is 15.3. The van der Waals surface area contributed by atoms with Crippen molar-refractivity contribution >= 4 is 5.96 Å². The van der Waals surface area contributed by atoms with Crippen LogP contribution in [0.15, 0.2) is 23.2 Å². The summed E-state index contributed by atoms with van der Waals surface area (Å²) in [6.07, 6.45) is 0. The molecule has 0 aliphatic heterocycles. The van der Waals surface area contributed by atoms with Crippen molar-refractivity contribution < 1.29 is 9.13 Å². The molecular weight excluding hydrogens is 245 g/mol. The first-order valence-electron chi connectivity index (χ1n) is 6.33. The fraction of sp³-hybridized carbons (Fsp3) is 0.500. The molecular formula is C14H22FN3O. The molecule has 4 nitrogen and oxygen atoms in total. The smallest absolute Gasteiger partial charge is 0.191 e. The van der Waals surface area contributed by atoms with Crippen LogP contribution < -0.4 is 15.4 Å². The average Bonchev–Trinajstić information content (AvgIpc) is 2.39. The largest absolute Gasteiger partial charge is 0.494 e. The van der Waals surface area contributed by atoms with E-state index in [1.165, 1.54) is 13.2 Å². The molecule has 0 bridgehead atoms. The van der Waals surface area contributed by atoms with Gasteiger partial charge in [0.05, 0.1) is 7.11 Å². The van der Waals surface area contributed by atoms with Crippen LogP contribution in [0.4, 0.5) is 4.39 Å². The lowest BCUT2D eigenvalue weighted by molar-refractivity contribution is 0.386. The van der Waals surface area contributed by atoms with Crippen LogP contribution in [0.25, 0.3) is 0 Å². The van der Waals surface area contributed by atoms with Crippen LogP contribution in [0.3, 0.4) is 0 Å². The molecule has 0 unspecified atom stereocenters. The molecule has 0 aliphatic rings. The number of hydrogen-bond donors (Lipinski definition) is 2. The van der Waals surface area contributed by atoms with E-state index in [-0.39, 0.29) is 11.6 Å². The SMILES string of the molecule is CN=C(NCc1ccc(OC)c(F)c1)NCC(C)C. The molecule has 0 heterocycles. The number of methoxy groups -OCH3 is 1. The highest BCUT2D eigenvalue weighted by molar-refractivity contribution is 5.79. The minimum Gasteiger partial charge on any atom is -0.494 e. The summed E-state index contributed by atoms with van der Waals surface area (Å²) in [5.41, 5.74) is 0.839. The molecule has 1 aromatic rings. The van der Waals surface area contributed by atoms with Gasteiger partial charge in [0.1, 0.15) is 0 Å². The topological polar surface area (TPSA) is 45.7 Å². The monoisotopic (exact) mass is 267 g/mol. The van der Waals surface area contributed by atoms with Crippen LogP contribution in [0.5, 0.6) is 5.75 Å². The lowest BCUT2D eigenvalue weighted by atomic mass is 10.2. The van der Waals surface area contributed by atoms with E-state index in [0.29, 0.717) is 18.4 Å². The summed E-state index contributed by atoms with van der Waals surface area (Å²) in [6.45, 7) is 5.60. The third kappa shape index (κ3) is 5.16. The van der Waals surface area contributed by atoms with Gasteiger partial charge < -0.3 is 15.4 Å². The Hall–Kier alpha value is -1.78. The van der Waals surface area contributed by atoms with E-state index in [2.05, 4.69) is 29.5 Å². The molecule has 0 radical (unpaired) electrons. The van der Waals surface area contributed by atoms with E-state index in [1.54, 1.807) is 13.1 Å². The molecule has 0 fully saturated rings. The number of benzene rings is 1. The lowest BCUT2D eigenvalue weighted by Crippen LogP contribution is -2.38. The Labute approximate surface area is 114 Å². The van der Waals surface area contributed by atoms with E-state index in [0.717, 1.165) is 12.1 Å². The van der Waals surface area contributed by atoms with Gasteiger partial charge in [0.15, 0.2) is 17.5 Å². The molecule has 1 rings (SSSR count). The van der Waals surface area contributed by atoms with E-state index >= 15 is 0 Å². The highest BCUT2D eigenvalue weighted by atomic mass is 19.1. The van der Waals surface area contributed by atoms with Crippen LogP contribution >= 0.6 is 0 Å². The third-order valence-electron chi connectivity index (χ3n) is 2.58. The number of aliphatic imine (C=N–C) groups is 1. The predicted octanol–water partition coefficient (Wildman–Crippen LogP) is 2.16. The van der Waals surface area contributed by atoms with Crippen molar-refractivity contribution in [1.82, 2.24) is 10.6 Å². The van der Waals surface area contributed by atoms with Gasteiger partial charge in [0.2, 0.25) is 0 Å². The van der Waals surface area contributed by atoms with Crippen molar-refractivity contribution in [3.63, 3.8) is 0 Å². The van der Waals surface area contributed by atoms with Crippen molar-refractivity contribution in [2.75, 3.05) is 20.7 Å². The van der Waals surface area contributed by atoms with Gasteiger partial charge in [-0.2, -0.15) is 0 Å². The molecule has 1 aromatic carbocycles. The number of guanidine groups is 1. The molecule has 0 atom stereocenters. The second-order valence-electron chi connectivity index (χ2n) is 4.67. The zero-order chi connectivity index (χ0) is 14.3. The molecule has 0 saturated carbocycles. The zero-order valence-corrected chi connectivity index (χ0v) is 12.0. The molecule has 0 saturated heterocycles. The highest BCUT2D eigenvalue weighted by Gasteiger charge is 2.04. The van der Waals surface area contributed by atoms with Crippen molar-refractivity contribution in [2.24, 2.45) is 10.9 Å². The van der Waals surface area contributed by atoms with E-state index < -0.39 is 0 Å². The van der Waals surface area contributed by atoms with Crippen molar-refractivity contribution in [2.45, 2.75) is 20.4 Å². The number of halogens is 1. The van der Waals surface area contributed by atoms with Crippen LogP contribution in [-0.4, -0.2) is 26.7 Å². The summed E-state index contributed by atoms with van der Waals surface area (Å²) in [5, 5.41) is 6.33. The second-order valence-corrected chi connectivity index (χ2v) is 4.67. The van der Waals surface area contributed by atoms with Gasteiger partial charge in [0.25, 0.3) is 0 Å². The quantitative estimate of drug-likeness (QED) is 0.635. The zero-order valence-electron chi connectivity index (χ0n) is 12.0. The minimum absolute atomic E-state index is 0.256. The van der Waals surface area contributed by atoms with Crippen LogP contribution in [0.2, 0.25) is 0 Å². The van der Waals surface area contributed by atoms with Gasteiger partial charge in [-0.1, -0.05) is 19.9 Å². The molecule has 106 valence electrons. The molecule has 0 aromatic heterocycles. The Bertz CT molecular complexity index is 433. The van der Waals surface area contributed by atoms with Gasteiger partial charge >= 0.3 is 0 Å².